The van der Waals surface area contributed by atoms with Crippen molar-refractivity contribution in [2.24, 2.45) is 0 Å². The van der Waals surface area contributed by atoms with Crippen molar-refractivity contribution in [1.82, 2.24) is 5.32 Å². The summed E-state index contributed by atoms with van der Waals surface area (Å²) in [6, 6.07) is 0.732. The first-order valence-corrected chi connectivity index (χ1v) is 6.74. The molecule has 0 radical (unpaired) electrons. The number of rotatable bonds is 6. The Morgan fingerprint density at radius 3 is 2.36 bits per heavy atom. The second-order valence-electron chi connectivity index (χ2n) is 4.14. The van der Waals surface area contributed by atoms with Crippen molar-refractivity contribution in [3.8, 4) is 0 Å². The minimum Gasteiger partial charge on any atom is -0.480 e. The summed E-state index contributed by atoms with van der Waals surface area (Å²) in [5.41, 5.74) is 0. The van der Waals surface area contributed by atoms with Gasteiger partial charge in [0.2, 0.25) is 5.91 Å². The van der Waals surface area contributed by atoms with Gasteiger partial charge in [0.1, 0.15) is 6.04 Å². The molecule has 1 atom stereocenters. The van der Waals surface area contributed by atoms with Gasteiger partial charge in [0.25, 0.3) is 0 Å². The van der Waals surface area contributed by atoms with Crippen LogP contribution in [0, 0.1) is 11.6 Å². The highest BCUT2D eigenvalue weighted by Gasteiger charge is 2.36. The molecular formula is C12H10F5NO3S. The molecular weight excluding hydrogens is 333 g/mol. The summed E-state index contributed by atoms with van der Waals surface area (Å²) < 4.78 is 62.1. The van der Waals surface area contributed by atoms with Gasteiger partial charge in [0.15, 0.2) is 11.6 Å². The van der Waals surface area contributed by atoms with E-state index >= 15 is 0 Å². The number of thioether (sulfide) groups is 1. The maximum Gasteiger partial charge on any atom is 0.391 e. The van der Waals surface area contributed by atoms with Crippen LogP contribution in [0.2, 0.25) is 0 Å². The van der Waals surface area contributed by atoms with E-state index in [4.69, 9.17) is 5.11 Å². The topological polar surface area (TPSA) is 66.4 Å². The minimum atomic E-state index is -4.75. The van der Waals surface area contributed by atoms with Gasteiger partial charge in [-0.05, 0) is 18.2 Å². The molecule has 1 amide bonds. The fourth-order valence-electron chi connectivity index (χ4n) is 1.38. The lowest BCUT2D eigenvalue weighted by Crippen LogP contribution is -2.44. The summed E-state index contributed by atoms with van der Waals surface area (Å²) in [4.78, 5) is 22.3. The van der Waals surface area contributed by atoms with Gasteiger partial charge in [0.05, 0.1) is 12.2 Å². The lowest BCUT2D eigenvalue weighted by molar-refractivity contribution is -0.159. The van der Waals surface area contributed by atoms with E-state index in [-0.39, 0.29) is 4.90 Å². The van der Waals surface area contributed by atoms with E-state index in [1.807, 2.05) is 0 Å². The fraction of sp³-hybridized carbons (Fsp3) is 0.333. The van der Waals surface area contributed by atoms with Crippen molar-refractivity contribution < 1.29 is 36.6 Å². The Morgan fingerprint density at radius 2 is 1.86 bits per heavy atom. The van der Waals surface area contributed by atoms with Gasteiger partial charge in [-0.15, -0.1) is 11.8 Å². The van der Waals surface area contributed by atoms with Crippen LogP contribution < -0.4 is 5.32 Å². The van der Waals surface area contributed by atoms with Crippen LogP contribution in [0.15, 0.2) is 23.1 Å². The maximum absolute atomic E-state index is 12.9. The number of aliphatic carboxylic acids is 1. The molecule has 0 aromatic heterocycles. The van der Waals surface area contributed by atoms with Crippen LogP contribution in [-0.2, 0) is 9.59 Å². The highest BCUT2D eigenvalue weighted by molar-refractivity contribution is 8.00. The molecule has 1 aromatic carbocycles. The molecule has 0 fully saturated rings. The number of amides is 1. The molecule has 1 unspecified atom stereocenters. The fourth-order valence-corrected chi connectivity index (χ4v) is 2.12. The zero-order chi connectivity index (χ0) is 16.9. The number of benzene rings is 1. The molecule has 0 saturated carbocycles. The average molecular weight is 343 g/mol. The number of carboxylic acid groups (broad SMARTS) is 1. The van der Waals surface area contributed by atoms with Gasteiger partial charge < -0.3 is 10.4 Å². The first-order valence-electron chi connectivity index (χ1n) is 5.75. The van der Waals surface area contributed by atoms with E-state index in [0.717, 1.165) is 23.9 Å². The maximum atomic E-state index is 12.9. The zero-order valence-electron chi connectivity index (χ0n) is 10.8. The van der Waals surface area contributed by atoms with Gasteiger partial charge in [-0.3, -0.25) is 4.79 Å². The molecule has 2 N–H and O–H groups in total. The second-order valence-corrected chi connectivity index (χ2v) is 5.19. The summed E-state index contributed by atoms with van der Waals surface area (Å²) in [6.07, 6.45) is -6.45. The van der Waals surface area contributed by atoms with Crippen LogP contribution in [0.1, 0.15) is 6.42 Å². The van der Waals surface area contributed by atoms with Crippen LogP contribution in [-0.4, -0.2) is 35.0 Å². The van der Waals surface area contributed by atoms with Crippen molar-refractivity contribution in [2.75, 3.05) is 5.75 Å². The Hall–Kier alpha value is -1.84. The Kier molecular flexibility index (Phi) is 6.15. The van der Waals surface area contributed by atoms with Gasteiger partial charge in [0, 0.05) is 4.90 Å². The lowest BCUT2D eigenvalue weighted by Gasteiger charge is -2.16. The second kappa shape index (κ2) is 7.43. The van der Waals surface area contributed by atoms with Crippen molar-refractivity contribution >= 4 is 23.6 Å². The Labute approximate surface area is 125 Å². The summed E-state index contributed by atoms with van der Waals surface area (Å²) in [6.45, 7) is 0. The molecule has 4 nitrogen and oxygen atoms in total. The SMILES string of the molecule is O=C(CSc1ccc(F)c(F)c1)NC(CC(F)(F)F)C(=O)O. The molecule has 22 heavy (non-hydrogen) atoms. The first kappa shape index (κ1) is 18.2. The predicted molar refractivity (Wildman–Crippen MR) is 67.3 cm³/mol. The zero-order valence-corrected chi connectivity index (χ0v) is 11.6. The first-order chi connectivity index (χ1) is 10.1. The average Bonchev–Trinajstić information content (AvgIpc) is 2.38. The lowest BCUT2D eigenvalue weighted by atomic mass is 10.2. The smallest absolute Gasteiger partial charge is 0.391 e. The third-order valence-electron chi connectivity index (χ3n) is 2.33. The quantitative estimate of drug-likeness (QED) is 0.615. The summed E-state index contributed by atoms with van der Waals surface area (Å²) in [5, 5.41) is 10.3. The Morgan fingerprint density at radius 1 is 1.23 bits per heavy atom. The number of alkyl halides is 3. The molecule has 0 aliphatic rings. The molecule has 0 spiro atoms. The monoisotopic (exact) mass is 343 g/mol. The van der Waals surface area contributed by atoms with Crippen LogP contribution in [0.25, 0.3) is 0 Å². The number of carbonyl (C=O) groups excluding carboxylic acids is 1. The van der Waals surface area contributed by atoms with Crippen LogP contribution in [0.4, 0.5) is 22.0 Å². The number of hydrogen-bond donors (Lipinski definition) is 2. The Bertz CT molecular complexity index is 564. The standard InChI is InChI=1S/C12H10F5NO3S/c13-7-2-1-6(3-8(7)14)22-5-10(19)18-9(11(20)21)4-12(15,16)17/h1-3,9H,4-5H2,(H,18,19)(H,20,21). The van der Waals surface area contributed by atoms with Crippen molar-refractivity contribution in [2.45, 2.75) is 23.5 Å². The van der Waals surface area contributed by atoms with E-state index < -0.39 is 47.9 Å². The third-order valence-corrected chi connectivity index (χ3v) is 3.32. The minimum absolute atomic E-state index is 0.178. The van der Waals surface area contributed by atoms with Gasteiger partial charge >= 0.3 is 12.1 Å². The highest BCUT2D eigenvalue weighted by atomic mass is 32.2. The molecule has 1 aromatic rings. The largest absolute Gasteiger partial charge is 0.480 e. The van der Waals surface area contributed by atoms with Gasteiger partial charge in [-0.25, -0.2) is 13.6 Å². The number of halogens is 5. The number of carbonyl (C=O) groups is 2. The molecule has 0 aliphatic heterocycles. The summed E-state index contributed by atoms with van der Waals surface area (Å²) in [7, 11) is 0. The van der Waals surface area contributed by atoms with Crippen molar-refractivity contribution in [3.05, 3.63) is 29.8 Å². The Balaban J connectivity index is 2.56. The molecule has 0 aliphatic carbocycles. The van der Waals surface area contributed by atoms with E-state index in [0.29, 0.717) is 0 Å². The summed E-state index contributed by atoms with van der Waals surface area (Å²) >= 11 is 0.730. The van der Waals surface area contributed by atoms with E-state index in [1.54, 1.807) is 5.32 Å². The predicted octanol–water partition coefficient (Wildman–Crippen LogP) is 2.58. The molecule has 0 heterocycles. The van der Waals surface area contributed by atoms with Crippen LogP contribution in [0.3, 0.4) is 0 Å². The van der Waals surface area contributed by atoms with E-state index in [1.165, 1.54) is 6.07 Å². The van der Waals surface area contributed by atoms with E-state index in [9.17, 15) is 31.5 Å². The van der Waals surface area contributed by atoms with Crippen molar-refractivity contribution in [1.29, 1.82) is 0 Å². The molecule has 0 saturated heterocycles. The molecule has 1 rings (SSSR count). The van der Waals surface area contributed by atoms with Crippen LogP contribution >= 0.6 is 11.8 Å². The molecule has 122 valence electrons. The van der Waals surface area contributed by atoms with E-state index in [2.05, 4.69) is 0 Å². The normalized spacial score (nSPS) is 12.8. The van der Waals surface area contributed by atoms with Crippen LogP contribution in [0.5, 0.6) is 0 Å². The highest BCUT2D eigenvalue weighted by Crippen LogP contribution is 2.23. The molecule has 10 heteroatoms. The number of nitrogens with one attached hydrogen (secondary N) is 1. The van der Waals surface area contributed by atoms with Gasteiger partial charge in [-0.1, -0.05) is 0 Å². The van der Waals surface area contributed by atoms with Crippen molar-refractivity contribution in [3.63, 3.8) is 0 Å². The third kappa shape index (κ3) is 6.29. The number of carboxylic acids is 1. The molecule has 0 bridgehead atoms. The number of hydrogen-bond acceptors (Lipinski definition) is 3. The van der Waals surface area contributed by atoms with Gasteiger partial charge in [-0.2, -0.15) is 13.2 Å². The summed E-state index contributed by atoms with van der Waals surface area (Å²) in [5.74, 6) is -5.43.